The minimum Gasteiger partial charge on any atom is -0.394 e. The van der Waals surface area contributed by atoms with Gasteiger partial charge in [-0.1, -0.05) is 75.2 Å². The van der Waals surface area contributed by atoms with Gasteiger partial charge in [0.1, 0.15) is 5.52 Å². The Morgan fingerprint density at radius 3 is 1.78 bits per heavy atom. The van der Waals surface area contributed by atoms with Gasteiger partial charge in [0, 0.05) is 11.1 Å². The number of aryl methyl sites for hydroxylation is 2. The molecule has 0 aliphatic heterocycles. The van der Waals surface area contributed by atoms with E-state index in [2.05, 4.69) is 67.5 Å². The van der Waals surface area contributed by atoms with Gasteiger partial charge in [-0.15, -0.1) is 0 Å². The number of aromatic nitrogens is 4. The molecule has 166 valence electrons. The smallest absolute Gasteiger partial charge is 0.177 e. The summed E-state index contributed by atoms with van der Waals surface area (Å²) >= 11 is 0. The molecule has 0 unspecified atom stereocenters. The van der Waals surface area contributed by atoms with Gasteiger partial charge in [-0.05, 0) is 36.8 Å². The Kier molecular flexibility index (Phi) is 7.28. The van der Waals surface area contributed by atoms with Crippen LogP contribution in [0.1, 0.15) is 50.7 Å². The van der Waals surface area contributed by atoms with Crippen LogP contribution < -0.4 is 0 Å². The summed E-state index contributed by atoms with van der Waals surface area (Å²) in [5.74, 6) is 0. The quantitative estimate of drug-likeness (QED) is 0.345. The van der Waals surface area contributed by atoms with Crippen molar-refractivity contribution in [2.24, 2.45) is 0 Å². The lowest BCUT2D eigenvalue weighted by Crippen LogP contribution is -2.05. The number of hydrogen-bond acceptors (Lipinski definition) is 4. The second kappa shape index (κ2) is 10.5. The van der Waals surface area contributed by atoms with Crippen LogP contribution >= 0.6 is 0 Å². The Morgan fingerprint density at radius 1 is 0.750 bits per heavy atom. The van der Waals surface area contributed by atoms with Crippen LogP contribution in [0.2, 0.25) is 0 Å². The van der Waals surface area contributed by atoms with E-state index in [-0.39, 0.29) is 6.61 Å². The highest BCUT2D eigenvalue weighted by molar-refractivity contribution is 5.84. The highest BCUT2D eigenvalue weighted by Gasteiger charge is 2.16. The third-order valence-corrected chi connectivity index (χ3v) is 5.87. The number of aliphatic hydroxyl groups excluding tert-OH is 1. The molecule has 4 rings (SSSR count). The number of aliphatic hydroxyl groups is 1. The molecular formula is C27H32N4O. The first-order valence-corrected chi connectivity index (χ1v) is 11.8. The minimum atomic E-state index is 0.0148. The molecule has 0 amide bonds. The Balaban J connectivity index is 1.78. The summed E-state index contributed by atoms with van der Waals surface area (Å²) in [6.07, 6.45) is 8.70. The van der Waals surface area contributed by atoms with Crippen LogP contribution in [0.5, 0.6) is 0 Å². The maximum Gasteiger partial charge on any atom is 0.177 e. The lowest BCUT2D eigenvalue weighted by atomic mass is 9.99. The third kappa shape index (κ3) is 4.89. The standard InChI is InChI=1S/C27H32N4O/c1-3-5-7-20-9-13-22(14-10-20)25-26(23-15-11-21(12-16-23)8-6-4-2)30-27-24(29-25)19-28-31(27)17-18-32/h9-16,19,32H,3-8,17-18H2,1-2H3. The largest absolute Gasteiger partial charge is 0.394 e. The van der Waals surface area contributed by atoms with Crippen molar-refractivity contribution in [3.8, 4) is 22.5 Å². The first-order chi connectivity index (χ1) is 15.7. The molecule has 32 heavy (non-hydrogen) atoms. The molecule has 5 heteroatoms. The van der Waals surface area contributed by atoms with Crippen molar-refractivity contribution < 1.29 is 5.11 Å². The fraction of sp³-hybridized carbons (Fsp3) is 0.370. The Morgan fingerprint density at radius 2 is 1.28 bits per heavy atom. The predicted molar refractivity (Wildman–Crippen MR) is 131 cm³/mol. The molecule has 0 radical (unpaired) electrons. The monoisotopic (exact) mass is 428 g/mol. The van der Waals surface area contributed by atoms with Gasteiger partial charge in [0.2, 0.25) is 0 Å². The van der Waals surface area contributed by atoms with Gasteiger partial charge in [0.25, 0.3) is 0 Å². The van der Waals surface area contributed by atoms with E-state index in [1.54, 1.807) is 10.9 Å². The molecule has 0 atom stereocenters. The zero-order valence-electron chi connectivity index (χ0n) is 19.1. The van der Waals surface area contributed by atoms with E-state index in [1.165, 1.54) is 36.8 Å². The number of fused-ring (bicyclic) bond motifs is 1. The highest BCUT2D eigenvalue weighted by Crippen LogP contribution is 2.31. The molecule has 0 spiro atoms. The summed E-state index contributed by atoms with van der Waals surface area (Å²) in [7, 11) is 0. The highest BCUT2D eigenvalue weighted by atomic mass is 16.3. The van der Waals surface area contributed by atoms with Crippen molar-refractivity contribution in [3.63, 3.8) is 0 Å². The second-order valence-electron chi connectivity index (χ2n) is 8.32. The summed E-state index contributed by atoms with van der Waals surface area (Å²) in [6, 6.07) is 17.4. The maximum atomic E-state index is 9.40. The van der Waals surface area contributed by atoms with Gasteiger partial charge in [0.05, 0.1) is 30.7 Å². The molecule has 5 nitrogen and oxygen atoms in total. The zero-order chi connectivity index (χ0) is 22.3. The molecule has 1 N–H and O–H groups in total. The molecule has 0 aliphatic rings. The number of unbranched alkanes of at least 4 members (excludes halogenated alkanes) is 2. The normalized spacial score (nSPS) is 11.3. The molecule has 4 aromatic rings. The topological polar surface area (TPSA) is 63.8 Å². The summed E-state index contributed by atoms with van der Waals surface area (Å²) < 4.78 is 1.72. The molecule has 2 heterocycles. The fourth-order valence-corrected chi connectivity index (χ4v) is 3.98. The molecular weight excluding hydrogens is 396 g/mol. The van der Waals surface area contributed by atoms with Crippen molar-refractivity contribution in [1.82, 2.24) is 19.7 Å². The molecule has 0 aliphatic carbocycles. The number of nitrogens with zero attached hydrogens (tertiary/aromatic N) is 4. The van der Waals surface area contributed by atoms with E-state index < -0.39 is 0 Å². The number of hydrogen-bond donors (Lipinski definition) is 1. The van der Waals surface area contributed by atoms with Crippen LogP contribution in [0.3, 0.4) is 0 Å². The zero-order valence-corrected chi connectivity index (χ0v) is 19.1. The van der Waals surface area contributed by atoms with Gasteiger partial charge in [-0.25, -0.2) is 14.6 Å². The van der Waals surface area contributed by atoms with Crippen molar-refractivity contribution in [3.05, 3.63) is 65.9 Å². The lowest BCUT2D eigenvalue weighted by Gasteiger charge is -2.11. The minimum absolute atomic E-state index is 0.0148. The van der Waals surface area contributed by atoms with Gasteiger partial charge < -0.3 is 5.11 Å². The first-order valence-electron chi connectivity index (χ1n) is 11.8. The van der Waals surface area contributed by atoms with Gasteiger partial charge in [-0.2, -0.15) is 5.10 Å². The van der Waals surface area contributed by atoms with Crippen LogP contribution in [-0.4, -0.2) is 31.5 Å². The maximum absolute atomic E-state index is 9.40. The second-order valence-corrected chi connectivity index (χ2v) is 8.32. The van der Waals surface area contributed by atoms with E-state index in [0.29, 0.717) is 12.2 Å². The van der Waals surface area contributed by atoms with Gasteiger partial charge >= 0.3 is 0 Å². The van der Waals surface area contributed by atoms with Gasteiger partial charge in [-0.3, -0.25) is 0 Å². The van der Waals surface area contributed by atoms with Crippen LogP contribution in [0.4, 0.5) is 0 Å². The summed E-state index contributed by atoms with van der Waals surface area (Å²) in [4.78, 5) is 9.95. The van der Waals surface area contributed by atoms with E-state index in [0.717, 1.165) is 40.9 Å². The van der Waals surface area contributed by atoms with Crippen LogP contribution in [0.25, 0.3) is 33.7 Å². The van der Waals surface area contributed by atoms with Crippen molar-refractivity contribution in [2.75, 3.05) is 6.61 Å². The molecule has 0 saturated heterocycles. The van der Waals surface area contributed by atoms with Gasteiger partial charge in [0.15, 0.2) is 5.65 Å². The molecule has 0 saturated carbocycles. The van der Waals surface area contributed by atoms with Crippen molar-refractivity contribution in [2.45, 2.75) is 58.9 Å². The van der Waals surface area contributed by atoms with Crippen LogP contribution in [0.15, 0.2) is 54.7 Å². The molecule has 2 aromatic heterocycles. The lowest BCUT2D eigenvalue weighted by molar-refractivity contribution is 0.271. The Bertz CT molecular complexity index is 1150. The average molecular weight is 429 g/mol. The number of rotatable bonds is 10. The van der Waals surface area contributed by atoms with Crippen LogP contribution in [-0.2, 0) is 19.4 Å². The van der Waals surface area contributed by atoms with Crippen LogP contribution in [0, 0.1) is 0 Å². The van der Waals surface area contributed by atoms with E-state index in [1.807, 2.05) is 0 Å². The Labute approximate surface area is 190 Å². The van der Waals surface area contributed by atoms with Crippen molar-refractivity contribution in [1.29, 1.82) is 0 Å². The molecule has 0 bridgehead atoms. The summed E-state index contributed by atoms with van der Waals surface area (Å²) in [5.41, 5.74) is 7.95. The van der Waals surface area contributed by atoms with Crippen molar-refractivity contribution >= 4 is 11.2 Å². The SMILES string of the molecule is CCCCc1ccc(-c2nc3cnn(CCO)c3nc2-c2ccc(CCCC)cc2)cc1. The molecule has 0 fully saturated rings. The van der Waals surface area contributed by atoms with E-state index in [4.69, 9.17) is 9.97 Å². The van der Waals surface area contributed by atoms with E-state index in [9.17, 15) is 5.11 Å². The average Bonchev–Trinajstić information content (AvgIpc) is 3.23. The first kappa shape index (κ1) is 22.2. The number of benzene rings is 2. The summed E-state index contributed by atoms with van der Waals surface area (Å²) in [6.45, 7) is 4.85. The van der Waals surface area contributed by atoms with E-state index >= 15 is 0 Å². The summed E-state index contributed by atoms with van der Waals surface area (Å²) in [5, 5.41) is 13.8. The molecule has 2 aromatic carbocycles. The fourth-order valence-electron chi connectivity index (χ4n) is 3.98. The Hall–Kier alpha value is -3.05. The third-order valence-electron chi connectivity index (χ3n) is 5.87. The predicted octanol–water partition coefficient (Wildman–Crippen LogP) is 5.84.